The molecular weight excluding hydrogens is 228 g/mol. The minimum atomic E-state index is -0.413. The Bertz CT molecular complexity index is 311. The van der Waals surface area contributed by atoms with Gasteiger partial charge in [0.15, 0.2) is 0 Å². The monoisotopic (exact) mass is 254 g/mol. The van der Waals surface area contributed by atoms with E-state index in [1.165, 1.54) is 6.42 Å². The van der Waals surface area contributed by atoms with Crippen LogP contribution >= 0.6 is 0 Å². The molecule has 0 heterocycles. The topological polar surface area (TPSA) is 50.4 Å². The van der Waals surface area contributed by atoms with Crippen molar-refractivity contribution in [1.29, 1.82) is 0 Å². The Labute approximate surface area is 110 Å². The Kier molecular flexibility index (Phi) is 3.85. The fourth-order valence-corrected chi connectivity index (χ4v) is 2.60. The molecule has 4 heteroatoms. The lowest BCUT2D eigenvalue weighted by molar-refractivity contribution is 0.0505. The van der Waals surface area contributed by atoms with E-state index in [0.29, 0.717) is 6.04 Å². The largest absolute Gasteiger partial charge is 0.444 e. The summed E-state index contributed by atoms with van der Waals surface area (Å²) in [7, 11) is 0. The number of hydrogen-bond acceptors (Lipinski definition) is 3. The molecule has 0 radical (unpaired) electrons. The summed E-state index contributed by atoms with van der Waals surface area (Å²) >= 11 is 0. The van der Waals surface area contributed by atoms with Gasteiger partial charge in [-0.25, -0.2) is 4.79 Å². The van der Waals surface area contributed by atoms with E-state index in [9.17, 15) is 4.79 Å². The predicted molar refractivity (Wildman–Crippen MR) is 71.5 cm³/mol. The van der Waals surface area contributed by atoms with Gasteiger partial charge in [0.2, 0.25) is 0 Å². The molecule has 2 aliphatic rings. The Hall–Kier alpha value is -0.770. The van der Waals surface area contributed by atoms with Crippen LogP contribution in [0.4, 0.5) is 4.79 Å². The molecule has 2 N–H and O–H groups in total. The number of alkyl carbamates (subject to hydrolysis) is 1. The summed E-state index contributed by atoms with van der Waals surface area (Å²) < 4.78 is 5.27. The Balaban J connectivity index is 1.67. The van der Waals surface area contributed by atoms with Crippen LogP contribution in [-0.2, 0) is 4.74 Å². The second-order valence-electron chi connectivity index (χ2n) is 6.84. The number of rotatable bonds is 3. The lowest BCUT2D eigenvalue weighted by atomic mass is 10.2. The quantitative estimate of drug-likeness (QED) is 0.813. The van der Waals surface area contributed by atoms with E-state index in [4.69, 9.17) is 4.74 Å². The maximum atomic E-state index is 11.7. The highest BCUT2D eigenvalue weighted by Crippen LogP contribution is 2.32. The van der Waals surface area contributed by atoms with Crippen LogP contribution < -0.4 is 10.6 Å². The summed E-state index contributed by atoms with van der Waals surface area (Å²) in [5.74, 6) is 0.836. The standard InChI is InChI=1S/C14H26N2O2/c1-9-7-12(9)15-10-5-6-11(8-10)16-13(17)18-14(2,3)4/h9-12,15H,5-8H2,1-4H3,(H,16,17). The summed E-state index contributed by atoms with van der Waals surface area (Å²) in [5, 5.41) is 6.63. The fraction of sp³-hybridized carbons (Fsp3) is 0.929. The molecule has 0 aromatic heterocycles. The predicted octanol–water partition coefficient (Wildman–Crippen LogP) is 2.43. The third kappa shape index (κ3) is 4.16. The Morgan fingerprint density at radius 3 is 2.33 bits per heavy atom. The van der Waals surface area contributed by atoms with Gasteiger partial charge in [0.05, 0.1) is 0 Å². The maximum absolute atomic E-state index is 11.7. The van der Waals surface area contributed by atoms with Crippen molar-refractivity contribution in [2.75, 3.05) is 0 Å². The van der Waals surface area contributed by atoms with Crippen LogP contribution in [-0.4, -0.2) is 29.8 Å². The Morgan fingerprint density at radius 1 is 1.17 bits per heavy atom. The lowest BCUT2D eigenvalue weighted by Crippen LogP contribution is -2.39. The second kappa shape index (κ2) is 5.08. The van der Waals surface area contributed by atoms with E-state index in [1.54, 1.807) is 0 Å². The SMILES string of the molecule is CC1CC1NC1CCC(NC(=O)OC(C)(C)C)C1. The molecule has 2 aliphatic carbocycles. The smallest absolute Gasteiger partial charge is 0.407 e. The molecule has 0 aliphatic heterocycles. The van der Waals surface area contributed by atoms with Gasteiger partial charge in [-0.3, -0.25) is 0 Å². The molecule has 18 heavy (non-hydrogen) atoms. The van der Waals surface area contributed by atoms with Gasteiger partial charge in [0, 0.05) is 18.1 Å². The molecule has 2 rings (SSSR count). The highest BCUT2D eigenvalue weighted by atomic mass is 16.6. The first kappa shape index (κ1) is 13.7. The van der Waals surface area contributed by atoms with Crippen LogP contribution in [0.5, 0.6) is 0 Å². The molecule has 0 bridgehead atoms. The Morgan fingerprint density at radius 2 is 1.78 bits per heavy atom. The molecule has 4 atom stereocenters. The average molecular weight is 254 g/mol. The first-order valence-corrected chi connectivity index (χ1v) is 7.09. The zero-order valence-electron chi connectivity index (χ0n) is 12.0. The molecule has 0 aromatic rings. The summed E-state index contributed by atoms with van der Waals surface area (Å²) in [6, 6.07) is 1.56. The number of nitrogens with one attached hydrogen (secondary N) is 2. The summed E-state index contributed by atoms with van der Waals surface area (Å²) in [6.45, 7) is 7.95. The average Bonchev–Trinajstić information content (AvgIpc) is 2.71. The summed E-state index contributed by atoms with van der Waals surface area (Å²) in [4.78, 5) is 11.7. The van der Waals surface area contributed by atoms with Crippen molar-refractivity contribution in [3.8, 4) is 0 Å². The lowest BCUT2D eigenvalue weighted by Gasteiger charge is -2.21. The van der Waals surface area contributed by atoms with Gasteiger partial charge < -0.3 is 15.4 Å². The molecule has 2 saturated carbocycles. The third-order valence-electron chi connectivity index (χ3n) is 3.71. The van der Waals surface area contributed by atoms with Gasteiger partial charge in [-0.2, -0.15) is 0 Å². The molecule has 4 unspecified atom stereocenters. The maximum Gasteiger partial charge on any atom is 0.407 e. The second-order valence-corrected chi connectivity index (χ2v) is 6.84. The van der Waals surface area contributed by atoms with E-state index in [2.05, 4.69) is 17.6 Å². The van der Waals surface area contributed by atoms with Crippen molar-refractivity contribution in [1.82, 2.24) is 10.6 Å². The summed E-state index contributed by atoms with van der Waals surface area (Å²) in [6.07, 6.45) is 4.26. The van der Waals surface area contributed by atoms with Crippen molar-refractivity contribution in [3.05, 3.63) is 0 Å². The van der Waals surface area contributed by atoms with Crippen LogP contribution in [0.2, 0.25) is 0 Å². The zero-order chi connectivity index (χ0) is 13.3. The van der Waals surface area contributed by atoms with Gasteiger partial charge in [0.25, 0.3) is 0 Å². The number of carbonyl (C=O) groups excluding carboxylic acids is 1. The van der Waals surface area contributed by atoms with E-state index < -0.39 is 5.60 Å². The highest BCUT2D eigenvalue weighted by Gasteiger charge is 2.36. The number of ether oxygens (including phenoxy) is 1. The molecule has 0 spiro atoms. The van der Waals surface area contributed by atoms with Gasteiger partial charge >= 0.3 is 6.09 Å². The number of amides is 1. The molecule has 1 amide bonds. The van der Waals surface area contributed by atoms with Gasteiger partial charge in [-0.1, -0.05) is 6.92 Å². The van der Waals surface area contributed by atoms with Crippen molar-refractivity contribution in [2.24, 2.45) is 5.92 Å². The zero-order valence-corrected chi connectivity index (χ0v) is 12.0. The summed E-state index contributed by atoms with van der Waals surface area (Å²) in [5.41, 5.74) is -0.413. The van der Waals surface area contributed by atoms with Crippen LogP contribution in [0.1, 0.15) is 53.4 Å². The normalized spacial score (nSPS) is 35.3. The third-order valence-corrected chi connectivity index (χ3v) is 3.71. The first-order chi connectivity index (χ1) is 8.33. The van der Waals surface area contributed by atoms with Crippen LogP contribution in [0, 0.1) is 5.92 Å². The van der Waals surface area contributed by atoms with E-state index >= 15 is 0 Å². The molecule has 104 valence electrons. The molecule has 0 saturated heterocycles. The van der Waals surface area contributed by atoms with E-state index in [0.717, 1.165) is 31.2 Å². The highest BCUT2D eigenvalue weighted by molar-refractivity contribution is 5.68. The first-order valence-electron chi connectivity index (χ1n) is 7.09. The van der Waals surface area contributed by atoms with Crippen LogP contribution in [0.3, 0.4) is 0 Å². The minimum Gasteiger partial charge on any atom is -0.444 e. The van der Waals surface area contributed by atoms with E-state index in [-0.39, 0.29) is 12.1 Å². The molecule has 2 fully saturated rings. The van der Waals surface area contributed by atoms with Crippen molar-refractivity contribution >= 4 is 6.09 Å². The van der Waals surface area contributed by atoms with Gasteiger partial charge in [-0.05, 0) is 52.4 Å². The molecular formula is C14H26N2O2. The van der Waals surface area contributed by atoms with Gasteiger partial charge in [-0.15, -0.1) is 0 Å². The van der Waals surface area contributed by atoms with Crippen molar-refractivity contribution in [2.45, 2.75) is 77.1 Å². The van der Waals surface area contributed by atoms with Crippen LogP contribution in [0.15, 0.2) is 0 Å². The van der Waals surface area contributed by atoms with Crippen molar-refractivity contribution < 1.29 is 9.53 Å². The molecule has 0 aromatic carbocycles. The van der Waals surface area contributed by atoms with Crippen molar-refractivity contribution in [3.63, 3.8) is 0 Å². The van der Waals surface area contributed by atoms with E-state index in [1.807, 2.05) is 20.8 Å². The van der Waals surface area contributed by atoms with Gasteiger partial charge in [0.1, 0.15) is 5.60 Å². The number of hydrogen-bond donors (Lipinski definition) is 2. The van der Waals surface area contributed by atoms with Crippen LogP contribution in [0.25, 0.3) is 0 Å². The molecule has 4 nitrogen and oxygen atoms in total. The minimum absolute atomic E-state index is 0.270. The number of carbonyl (C=O) groups is 1. The fourth-order valence-electron chi connectivity index (χ4n) is 2.60.